The standard InChI is InChI=1S/C19H30N2O2/c1-4-17(23-18-8-6-5-7-15(18)2)19(22)20-12-9-16-10-13-21(3)14-11-16/h5-8,16-17H,4,9-14H2,1-3H3,(H,20,22). The lowest BCUT2D eigenvalue weighted by Gasteiger charge is -2.29. The van der Waals surface area contributed by atoms with E-state index in [1.54, 1.807) is 0 Å². The summed E-state index contributed by atoms with van der Waals surface area (Å²) in [5.74, 6) is 1.54. The van der Waals surface area contributed by atoms with Gasteiger partial charge in [0.25, 0.3) is 5.91 Å². The molecule has 0 aromatic heterocycles. The molecule has 1 saturated heterocycles. The fourth-order valence-electron chi connectivity index (χ4n) is 3.03. The van der Waals surface area contributed by atoms with E-state index in [0.717, 1.165) is 30.2 Å². The highest BCUT2D eigenvalue weighted by Gasteiger charge is 2.20. The van der Waals surface area contributed by atoms with Crippen LogP contribution in [0.25, 0.3) is 0 Å². The number of likely N-dealkylation sites (tertiary alicyclic amines) is 1. The van der Waals surface area contributed by atoms with Gasteiger partial charge in [-0.15, -0.1) is 0 Å². The number of rotatable bonds is 7. The molecule has 0 radical (unpaired) electrons. The number of nitrogens with one attached hydrogen (secondary N) is 1. The maximum Gasteiger partial charge on any atom is 0.261 e. The first kappa shape index (κ1) is 17.8. The number of hydrogen-bond donors (Lipinski definition) is 1. The first-order valence-electron chi connectivity index (χ1n) is 8.78. The Bertz CT molecular complexity index is 496. The van der Waals surface area contributed by atoms with E-state index in [0.29, 0.717) is 6.42 Å². The van der Waals surface area contributed by atoms with Gasteiger partial charge >= 0.3 is 0 Å². The largest absolute Gasteiger partial charge is 0.480 e. The lowest BCUT2D eigenvalue weighted by molar-refractivity contribution is -0.128. The second-order valence-corrected chi connectivity index (χ2v) is 6.61. The van der Waals surface area contributed by atoms with Crippen molar-refractivity contribution in [1.82, 2.24) is 10.2 Å². The first-order valence-corrected chi connectivity index (χ1v) is 8.78. The molecular formula is C19H30N2O2. The maximum atomic E-state index is 12.3. The van der Waals surface area contributed by atoms with Crippen LogP contribution in [-0.2, 0) is 4.79 Å². The quantitative estimate of drug-likeness (QED) is 0.840. The second-order valence-electron chi connectivity index (χ2n) is 6.61. The summed E-state index contributed by atoms with van der Waals surface area (Å²) in [6.07, 6.45) is 3.81. The van der Waals surface area contributed by atoms with Crippen LogP contribution >= 0.6 is 0 Å². The minimum atomic E-state index is -0.409. The number of carbonyl (C=O) groups excluding carboxylic acids is 1. The van der Waals surface area contributed by atoms with Crippen LogP contribution in [0.5, 0.6) is 5.75 Å². The smallest absolute Gasteiger partial charge is 0.261 e. The summed E-state index contributed by atoms with van der Waals surface area (Å²) in [5.41, 5.74) is 1.06. The van der Waals surface area contributed by atoms with Gasteiger partial charge in [-0.2, -0.15) is 0 Å². The summed E-state index contributed by atoms with van der Waals surface area (Å²) in [4.78, 5) is 14.7. The van der Waals surface area contributed by atoms with Crippen molar-refractivity contribution >= 4 is 5.91 Å². The zero-order valence-corrected chi connectivity index (χ0v) is 14.7. The van der Waals surface area contributed by atoms with Gasteiger partial charge in [0.05, 0.1) is 0 Å². The normalized spacial score (nSPS) is 17.7. The molecule has 23 heavy (non-hydrogen) atoms. The number of carbonyl (C=O) groups is 1. The minimum Gasteiger partial charge on any atom is -0.480 e. The Balaban J connectivity index is 1.75. The number of hydrogen-bond acceptors (Lipinski definition) is 3. The Labute approximate surface area is 140 Å². The van der Waals surface area contributed by atoms with Crippen LogP contribution in [0.2, 0.25) is 0 Å². The zero-order chi connectivity index (χ0) is 16.7. The van der Waals surface area contributed by atoms with Gasteiger partial charge in [-0.3, -0.25) is 4.79 Å². The molecule has 1 aromatic rings. The number of piperidine rings is 1. The highest BCUT2D eigenvalue weighted by molar-refractivity contribution is 5.81. The van der Waals surface area contributed by atoms with Crippen molar-refractivity contribution in [1.29, 1.82) is 0 Å². The Hall–Kier alpha value is -1.55. The molecule has 2 rings (SSSR count). The van der Waals surface area contributed by atoms with Crippen LogP contribution in [0.3, 0.4) is 0 Å². The summed E-state index contributed by atoms with van der Waals surface area (Å²) >= 11 is 0. The molecule has 1 aliphatic heterocycles. The van der Waals surface area contributed by atoms with Crippen LogP contribution in [0.4, 0.5) is 0 Å². The third-order valence-corrected chi connectivity index (χ3v) is 4.72. The van der Waals surface area contributed by atoms with Crippen molar-refractivity contribution in [2.75, 3.05) is 26.7 Å². The van der Waals surface area contributed by atoms with E-state index in [9.17, 15) is 4.79 Å². The Morgan fingerprint density at radius 2 is 2.04 bits per heavy atom. The SMILES string of the molecule is CCC(Oc1ccccc1C)C(=O)NCCC1CCN(C)CC1. The van der Waals surface area contributed by atoms with E-state index in [1.165, 1.54) is 25.9 Å². The van der Waals surface area contributed by atoms with Crippen LogP contribution in [0.15, 0.2) is 24.3 Å². The summed E-state index contributed by atoms with van der Waals surface area (Å²) in [6.45, 7) is 7.08. The first-order chi connectivity index (χ1) is 11.1. The van der Waals surface area contributed by atoms with Gasteiger partial charge in [0.1, 0.15) is 5.75 Å². The molecular weight excluding hydrogens is 288 g/mol. The molecule has 0 saturated carbocycles. The topological polar surface area (TPSA) is 41.6 Å². The van der Waals surface area contributed by atoms with Crippen molar-refractivity contribution < 1.29 is 9.53 Å². The van der Waals surface area contributed by atoms with Gasteiger partial charge in [-0.05, 0) is 70.3 Å². The van der Waals surface area contributed by atoms with Crippen molar-refractivity contribution in [3.63, 3.8) is 0 Å². The molecule has 0 aliphatic carbocycles. The monoisotopic (exact) mass is 318 g/mol. The second kappa shape index (κ2) is 8.92. The van der Waals surface area contributed by atoms with Gasteiger partial charge in [0.15, 0.2) is 6.10 Å². The highest BCUT2D eigenvalue weighted by atomic mass is 16.5. The Morgan fingerprint density at radius 3 is 2.70 bits per heavy atom. The maximum absolute atomic E-state index is 12.3. The molecule has 1 amide bonds. The molecule has 1 aromatic carbocycles. The van der Waals surface area contributed by atoms with Gasteiger partial charge in [-0.1, -0.05) is 25.1 Å². The number of ether oxygens (including phenoxy) is 1. The van der Waals surface area contributed by atoms with E-state index in [-0.39, 0.29) is 5.91 Å². The Kier molecular flexibility index (Phi) is 6.90. The summed E-state index contributed by atoms with van der Waals surface area (Å²) in [5, 5.41) is 3.05. The lowest BCUT2D eigenvalue weighted by Crippen LogP contribution is -2.39. The summed E-state index contributed by atoms with van der Waals surface area (Å²) in [7, 11) is 2.17. The zero-order valence-electron chi connectivity index (χ0n) is 14.7. The van der Waals surface area contributed by atoms with Gasteiger partial charge < -0.3 is 15.0 Å². The van der Waals surface area contributed by atoms with Crippen molar-refractivity contribution in [2.45, 2.75) is 45.6 Å². The van der Waals surface area contributed by atoms with Crippen molar-refractivity contribution in [3.05, 3.63) is 29.8 Å². The number of amides is 1. The fourth-order valence-corrected chi connectivity index (χ4v) is 3.03. The average Bonchev–Trinajstić information content (AvgIpc) is 2.56. The molecule has 4 heteroatoms. The van der Waals surface area contributed by atoms with Crippen LogP contribution in [0, 0.1) is 12.8 Å². The van der Waals surface area contributed by atoms with Crippen molar-refractivity contribution in [2.24, 2.45) is 5.92 Å². The van der Waals surface area contributed by atoms with E-state index in [2.05, 4.69) is 17.3 Å². The van der Waals surface area contributed by atoms with E-state index in [1.807, 2.05) is 38.1 Å². The number of benzene rings is 1. The molecule has 4 nitrogen and oxygen atoms in total. The molecule has 1 fully saturated rings. The van der Waals surface area contributed by atoms with Gasteiger partial charge in [0, 0.05) is 6.54 Å². The Morgan fingerprint density at radius 1 is 1.35 bits per heavy atom. The summed E-state index contributed by atoms with van der Waals surface area (Å²) < 4.78 is 5.89. The average molecular weight is 318 g/mol. The van der Waals surface area contributed by atoms with E-state index < -0.39 is 6.10 Å². The highest BCUT2D eigenvalue weighted by Crippen LogP contribution is 2.20. The molecule has 1 unspecified atom stereocenters. The van der Waals surface area contributed by atoms with Crippen LogP contribution in [0.1, 0.15) is 38.2 Å². The number of aryl methyl sites for hydroxylation is 1. The fraction of sp³-hybridized carbons (Fsp3) is 0.632. The molecule has 1 atom stereocenters. The predicted molar refractivity (Wildman–Crippen MR) is 93.7 cm³/mol. The molecule has 0 spiro atoms. The number of para-hydroxylation sites is 1. The predicted octanol–water partition coefficient (Wildman–Crippen LogP) is 3.00. The molecule has 1 heterocycles. The third kappa shape index (κ3) is 5.54. The van der Waals surface area contributed by atoms with E-state index in [4.69, 9.17) is 4.74 Å². The van der Waals surface area contributed by atoms with Crippen LogP contribution in [-0.4, -0.2) is 43.6 Å². The van der Waals surface area contributed by atoms with Crippen LogP contribution < -0.4 is 10.1 Å². The minimum absolute atomic E-state index is 0.00341. The molecule has 128 valence electrons. The van der Waals surface area contributed by atoms with Gasteiger partial charge in [-0.25, -0.2) is 0 Å². The third-order valence-electron chi connectivity index (χ3n) is 4.72. The number of nitrogens with zero attached hydrogens (tertiary/aromatic N) is 1. The van der Waals surface area contributed by atoms with E-state index >= 15 is 0 Å². The lowest BCUT2D eigenvalue weighted by atomic mass is 9.94. The van der Waals surface area contributed by atoms with Crippen molar-refractivity contribution in [3.8, 4) is 5.75 Å². The summed E-state index contributed by atoms with van der Waals surface area (Å²) in [6, 6.07) is 7.84. The van der Waals surface area contributed by atoms with Gasteiger partial charge in [0.2, 0.25) is 0 Å². The molecule has 1 aliphatic rings. The molecule has 0 bridgehead atoms. The molecule has 1 N–H and O–H groups in total.